The number of anilines is 1. The zero-order valence-corrected chi connectivity index (χ0v) is 24.5. The molecule has 2 amide bonds. The topological polar surface area (TPSA) is 158 Å². The van der Waals surface area contributed by atoms with Gasteiger partial charge in [0.25, 0.3) is 15.9 Å². The molecule has 3 fully saturated rings. The molecule has 7 rings (SSSR count). The molecule has 2 bridgehead atoms. The zero-order valence-electron chi connectivity index (χ0n) is 22.9. The Hall–Kier alpha value is -4.07. The Bertz CT molecular complexity index is 1800. The van der Waals surface area contributed by atoms with Crippen LogP contribution in [0.15, 0.2) is 88.7 Å². The van der Waals surface area contributed by atoms with Gasteiger partial charge in [0.1, 0.15) is 17.0 Å². The third-order valence-corrected chi connectivity index (χ3v) is 12.2. The fourth-order valence-corrected chi connectivity index (χ4v) is 9.91. The van der Waals surface area contributed by atoms with E-state index in [1.807, 2.05) is 0 Å². The minimum Gasteiger partial charge on any atom is -0.480 e. The van der Waals surface area contributed by atoms with Crippen LogP contribution in [0.1, 0.15) is 41.6 Å². The largest absolute Gasteiger partial charge is 0.480 e. The number of hydrogen-bond donors (Lipinski definition) is 2. The van der Waals surface area contributed by atoms with Crippen molar-refractivity contribution in [2.75, 3.05) is 4.31 Å². The maximum absolute atomic E-state index is 13.6. The molecule has 224 valence electrons. The first-order chi connectivity index (χ1) is 20.5. The van der Waals surface area contributed by atoms with E-state index in [4.69, 9.17) is 0 Å². The molecule has 2 unspecified atom stereocenters. The van der Waals surface area contributed by atoms with Crippen LogP contribution in [0.25, 0.3) is 0 Å². The van der Waals surface area contributed by atoms with E-state index in [9.17, 15) is 36.3 Å². The lowest BCUT2D eigenvalue weighted by Crippen LogP contribution is -2.63. The Morgan fingerprint density at radius 3 is 2.16 bits per heavy atom. The van der Waals surface area contributed by atoms with E-state index < -0.39 is 49.9 Å². The highest BCUT2D eigenvalue weighted by Crippen LogP contribution is 2.43. The van der Waals surface area contributed by atoms with E-state index in [0.29, 0.717) is 35.6 Å². The number of nitrogens with zero attached hydrogens (tertiary/aromatic N) is 2. The van der Waals surface area contributed by atoms with Gasteiger partial charge in [0.2, 0.25) is 15.9 Å². The molecule has 4 aliphatic rings. The highest BCUT2D eigenvalue weighted by molar-refractivity contribution is 7.94. The van der Waals surface area contributed by atoms with E-state index in [-0.39, 0.29) is 39.4 Å². The number of carbonyl (C=O) groups is 3. The first-order valence-electron chi connectivity index (χ1n) is 13.9. The molecule has 1 saturated carbocycles. The van der Waals surface area contributed by atoms with E-state index in [1.165, 1.54) is 58.9 Å². The highest BCUT2D eigenvalue weighted by Gasteiger charge is 2.51. The maximum atomic E-state index is 13.6. The molecule has 0 spiro atoms. The van der Waals surface area contributed by atoms with Crippen molar-refractivity contribution in [3.8, 4) is 0 Å². The number of fused-ring (bicyclic) bond motifs is 4. The van der Waals surface area contributed by atoms with Crippen LogP contribution in [-0.4, -0.2) is 62.2 Å². The standard InChI is InChI=1S/C30H29N3O8S2/c34-28(27-20-12-16-21(17-13-20)32(27)42(38,39)23-6-2-1-3-7-23)31-25(30(36)37)18-19-10-14-22(15-11-19)33-29(35)24-8-4-5-9-26(24)43(33,40)41/h1-11,14-15,20-21,25,27H,12-13,16-18H2,(H,31,34)(H,36,37). The van der Waals surface area contributed by atoms with Crippen molar-refractivity contribution < 1.29 is 36.3 Å². The number of nitrogens with one attached hydrogen (secondary N) is 1. The number of carboxylic acids is 1. The molecule has 3 aliphatic heterocycles. The Balaban J connectivity index is 1.21. The average Bonchev–Trinajstić information content (AvgIpc) is 3.22. The van der Waals surface area contributed by atoms with Gasteiger partial charge in [0.15, 0.2) is 0 Å². The summed E-state index contributed by atoms with van der Waals surface area (Å²) in [7, 11) is -8.09. The Labute approximate surface area is 249 Å². The van der Waals surface area contributed by atoms with E-state index in [0.717, 1.165) is 0 Å². The maximum Gasteiger partial charge on any atom is 0.326 e. The number of benzene rings is 3. The Morgan fingerprint density at radius 2 is 1.53 bits per heavy atom. The van der Waals surface area contributed by atoms with E-state index in [1.54, 1.807) is 24.3 Å². The predicted molar refractivity (Wildman–Crippen MR) is 155 cm³/mol. The van der Waals surface area contributed by atoms with Gasteiger partial charge in [-0.2, -0.15) is 8.61 Å². The van der Waals surface area contributed by atoms with Gasteiger partial charge in [0.05, 0.1) is 16.1 Å². The lowest BCUT2D eigenvalue weighted by Gasteiger charge is -2.49. The van der Waals surface area contributed by atoms with Gasteiger partial charge >= 0.3 is 5.97 Å². The van der Waals surface area contributed by atoms with Crippen LogP contribution < -0.4 is 9.62 Å². The zero-order chi connectivity index (χ0) is 30.5. The third-order valence-electron chi connectivity index (χ3n) is 8.45. The van der Waals surface area contributed by atoms with Gasteiger partial charge < -0.3 is 10.4 Å². The van der Waals surface area contributed by atoms with Gasteiger partial charge in [-0.15, -0.1) is 0 Å². The van der Waals surface area contributed by atoms with Crippen molar-refractivity contribution in [2.45, 2.75) is 60.0 Å². The van der Waals surface area contributed by atoms with E-state index in [2.05, 4.69) is 5.32 Å². The predicted octanol–water partition coefficient (Wildman–Crippen LogP) is 2.78. The summed E-state index contributed by atoms with van der Waals surface area (Å²) in [5.41, 5.74) is 0.637. The van der Waals surface area contributed by atoms with Crippen LogP contribution in [0.5, 0.6) is 0 Å². The van der Waals surface area contributed by atoms with Crippen molar-refractivity contribution in [3.63, 3.8) is 0 Å². The van der Waals surface area contributed by atoms with E-state index >= 15 is 0 Å². The lowest BCUT2D eigenvalue weighted by atomic mass is 9.76. The van der Waals surface area contributed by atoms with Gasteiger partial charge in [0, 0.05) is 12.5 Å². The lowest BCUT2D eigenvalue weighted by molar-refractivity contribution is -0.143. The second kappa shape index (κ2) is 10.9. The molecule has 11 nitrogen and oxygen atoms in total. The molecule has 1 aliphatic carbocycles. The van der Waals surface area contributed by atoms with Gasteiger partial charge in [-0.1, -0.05) is 42.5 Å². The van der Waals surface area contributed by atoms with Crippen molar-refractivity contribution >= 4 is 43.5 Å². The van der Waals surface area contributed by atoms with Crippen LogP contribution in [0, 0.1) is 5.92 Å². The summed E-state index contributed by atoms with van der Waals surface area (Å²) < 4.78 is 55.3. The molecule has 3 heterocycles. The summed E-state index contributed by atoms with van der Waals surface area (Å²) in [6.45, 7) is 0. The molecule has 43 heavy (non-hydrogen) atoms. The highest BCUT2D eigenvalue weighted by atomic mass is 32.2. The van der Waals surface area contributed by atoms with Crippen molar-refractivity contribution in [2.24, 2.45) is 5.92 Å². The molecular weight excluding hydrogens is 594 g/mol. The Morgan fingerprint density at radius 1 is 0.907 bits per heavy atom. The van der Waals surface area contributed by atoms with Gasteiger partial charge in [-0.25, -0.2) is 21.6 Å². The molecule has 2 atom stereocenters. The van der Waals surface area contributed by atoms with Crippen molar-refractivity contribution in [1.82, 2.24) is 9.62 Å². The van der Waals surface area contributed by atoms with Crippen molar-refractivity contribution in [1.29, 1.82) is 0 Å². The molecule has 2 N–H and O–H groups in total. The number of aliphatic carboxylic acids is 1. The number of hydrogen-bond acceptors (Lipinski definition) is 7. The molecule has 3 aromatic carbocycles. The number of carbonyl (C=O) groups excluding carboxylic acids is 2. The number of carboxylic acid groups (broad SMARTS) is 1. The first kappa shape index (κ1) is 29.0. The SMILES string of the molecule is O=C(O)C(Cc1ccc(N2C(=O)c3ccccc3S2(=O)=O)cc1)NC(=O)C1C2CCC(CC2)N1S(=O)(=O)c1ccccc1. The molecule has 0 aromatic heterocycles. The monoisotopic (exact) mass is 623 g/mol. The van der Waals surface area contributed by atoms with Crippen molar-refractivity contribution in [3.05, 3.63) is 90.0 Å². The normalized spacial score (nSPS) is 23.5. The number of sulfonamides is 2. The molecular formula is C30H29N3O8S2. The summed E-state index contributed by atoms with van der Waals surface area (Å²) in [4.78, 5) is 38.7. The summed E-state index contributed by atoms with van der Waals surface area (Å²) in [6.07, 6.45) is 2.47. The second-order valence-electron chi connectivity index (χ2n) is 11.0. The molecule has 3 aromatic rings. The second-order valence-corrected chi connectivity index (χ2v) is 14.6. The minimum absolute atomic E-state index is 0.0694. The summed E-state index contributed by atoms with van der Waals surface area (Å²) in [5.74, 6) is -2.88. The number of rotatable bonds is 8. The Kier molecular flexibility index (Phi) is 7.35. The summed E-state index contributed by atoms with van der Waals surface area (Å²) >= 11 is 0. The summed E-state index contributed by atoms with van der Waals surface area (Å²) in [5, 5.41) is 12.5. The number of amides is 2. The molecule has 2 saturated heterocycles. The van der Waals surface area contributed by atoms with Crippen LogP contribution >= 0.6 is 0 Å². The average molecular weight is 624 g/mol. The van der Waals surface area contributed by atoms with Crippen LogP contribution in [0.2, 0.25) is 0 Å². The molecule has 13 heteroatoms. The van der Waals surface area contributed by atoms with Gasteiger partial charge in [-0.3, -0.25) is 9.59 Å². The van der Waals surface area contributed by atoms with Crippen LogP contribution in [0.3, 0.4) is 0 Å². The fourth-order valence-electron chi connectivity index (χ4n) is 6.40. The fraction of sp³-hybridized carbons (Fsp3) is 0.300. The van der Waals surface area contributed by atoms with Crippen LogP contribution in [0.4, 0.5) is 5.69 Å². The summed E-state index contributed by atoms with van der Waals surface area (Å²) in [6, 6.07) is 16.9. The first-order valence-corrected chi connectivity index (χ1v) is 16.8. The molecule has 0 radical (unpaired) electrons. The third kappa shape index (κ3) is 5.00. The quantitative estimate of drug-likeness (QED) is 0.388. The minimum atomic E-state index is -4.09. The van der Waals surface area contributed by atoms with Gasteiger partial charge in [-0.05, 0) is 73.6 Å². The smallest absolute Gasteiger partial charge is 0.326 e. The number of piperidine rings is 2. The van der Waals surface area contributed by atoms with Crippen LogP contribution in [-0.2, 0) is 36.1 Å².